The molecule has 0 aromatic heterocycles. The Hall–Kier alpha value is 0.250. The van der Waals surface area contributed by atoms with Gasteiger partial charge < -0.3 is 18.1 Å². The Morgan fingerprint density at radius 3 is 2.23 bits per heavy atom. The topological polar surface area (TPSA) is 27.6 Å². The molecule has 1 aliphatic carbocycles. The molecule has 1 nitrogen and oxygen atoms in total. The summed E-state index contributed by atoms with van der Waals surface area (Å²) in [6.45, 7) is 9.42. The zero-order valence-corrected chi connectivity index (χ0v) is 10.2. The fourth-order valence-electron chi connectivity index (χ4n) is 3.20. The van der Waals surface area contributed by atoms with Crippen molar-refractivity contribution < 1.29 is 18.1 Å². The average Bonchev–Trinajstić information content (AvgIpc) is 1.82. The Bertz CT molecular complexity index is 167. The molecule has 0 aromatic rings. The lowest BCUT2D eigenvalue weighted by Gasteiger charge is -2.43. The van der Waals surface area contributed by atoms with Crippen molar-refractivity contribution >= 4 is 0 Å². The van der Waals surface area contributed by atoms with Crippen LogP contribution in [0.25, 0.3) is 0 Å². The Morgan fingerprint density at radius 2 is 1.85 bits per heavy atom. The van der Waals surface area contributed by atoms with E-state index in [1.807, 2.05) is 0 Å². The highest BCUT2D eigenvalue weighted by molar-refractivity contribution is 4.90. The smallest absolute Gasteiger partial charge is 0.0925 e. The molecule has 1 aliphatic rings. The molecule has 0 radical (unpaired) electrons. The lowest BCUT2D eigenvalue weighted by molar-refractivity contribution is -0.486. The number of rotatable bonds is 1. The molecular formula is C11H24ClN. The van der Waals surface area contributed by atoms with Crippen LogP contribution in [0.5, 0.6) is 0 Å². The molecule has 1 saturated carbocycles. The van der Waals surface area contributed by atoms with E-state index in [4.69, 9.17) is 0 Å². The highest BCUT2D eigenvalue weighted by Crippen LogP contribution is 2.44. The summed E-state index contributed by atoms with van der Waals surface area (Å²) in [6.07, 6.45) is 5.32. The molecule has 0 saturated heterocycles. The highest BCUT2D eigenvalue weighted by Gasteiger charge is 2.41. The van der Waals surface area contributed by atoms with Gasteiger partial charge in [-0.15, -0.1) is 0 Å². The van der Waals surface area contributed by atoms with E-state index in [0.717, 1.165) is 5.92 Å². The van der Waals surface area contributed by atoms with E-state index in [1.54, 1.807) is 0 Å². The van der Waals surface area contributed by atoms with Crippen LogP contribution in [-0.4, -0.2) is 5.54 Å². The maximum atomic E-state index is 4.32. The van der Waals surface area contributed by atoms with Crippen molar-refractivity contribution in [1.29, 1.82) is 0 Å². The maximum Gasteiger partial charge on any atom is 0.0925 e. The molecule has 0 bridgehead atoms. The second kappa shape index (κ2) is 4.18. The zero-order chi connectivity index (χ0) is 9.41. The second-order valence-electron chi connectivity index (χ2n) is 5.67. The molecule has 0 spiro atoms. The Labute approximate surface area is 88.9 Å². The van der Waals surface area contributed by atoms with Crippen LogP contribution in [0.15, 0.2) is 0 Å². The summed E-state index contributed by atoms with van der Waals surface area (Å²) >= 11 is 0. The third-order valence-corrected chi connectivity index (χ3v) is 3.39. The van der Waals surface area contributed by atoms with E-state index >= 15 is 0 Å². The van der Waals surface area contributed by atoms with Gasteiger partial charge in [0.25, 0.3) is 0 Å². The van der Waals surface area contributed by atoms with E-state index in [0.29, 0.717) is 11.0 Å². The predicted molar refractivity (Wildman–Crippen MR) is 52.7 cm³/mol. The van der Waals surface area contributed by atoms with Crippen molar-refractivity contribution in [2.75, 3.05) is 0 Å². The van der Waals surface area contributed by atoms with Crippen LogP contribution in [0.3, 0.4) is 0 Å². The van der Waals surface area contributed by atoms with Crippen LogP contribution in [0.2, 0.25) is 0 Å². The molecule has 0 aromatic carbocycles. The summed E-state index contributed by atoms with van der Waals surface area (Å²) in [4.78, 5) is 0. The van der Waals surface area contributed by atoms with Crippen molar-refractivity contribution in [1.82, 2.24) is 0 Å². The Morgan fingerprint density at radius 1 is 1.31 bits per heavy atom. The molecule has 3 N–H and O–H groups in total. The molecule has 80 valence electrons. The molecule has 0 heterocycles. The summed E-state index contributed by atoms with van der Waals surface area (Å²) < 4.78 is 0. The first-order chi connectivity index (χ1) is 5.37. The SMILES string of the molecule is CC[C@@]1(C)C[C@H](C)C[C@@](C)([NH3+])C1.[Cl-]. The molecule has 0 unspecified atom stereocenters. The van der Waals surface area contributed by atoms with Crippen LogP contribution in [-0.2, 0) is 0 Å². The van der Waals surface area contributed by atoms with Gasteiger partial charge in [0.2, 0.25) is 0 Å². The molecular weight excluding hydrogens is 182 g/mol. The molecule has 1 fully saturated rings. The number of halogens is 1. The summed E-state index contributed by atoms with van der Waals surface area (Å²) in [6, 6.07) is 0. The zero-order valence-electron chi connectivity index (χ0n) is 9.49. The summed E-state index contributed by atoms with van der Waals surface area (Å²) in [5, 5.41) is 0. The molecule has 0 amide bonds. The normalized spacial score (nSPS) is 45.5. The quantitative estimate of drug-likeness (QED) is 0.583. The average molecular weight is 206 g/mol. The van der Waals surface area contributed by atoms with Gasteiger partial charge in [-0.3, -0.25) is 0 Å². The van der Waals surface area contributed by atoms with Crippen molar-refractivity contribution in [3.05, 3.63) is 0 Å². The van der Waals surface area contributed by atoms with Gasteiger partial charge >= 0.3 is 0 Å². The van der Waals surface area contributed by atoms with Crippen LogP contribution in [0.4, 0.5) is 0 Å². The molecule has 3 atom stereocenters. The van der Waals surface area contributed by atoms with Crippen LogP contribution in [0, 0.1) is 11.3 Å². The van der Waals surface area contributed by atoms with Gasteiger partial charge in [-0.1, -0.05) is 27.2 Å². The van der Waals surface area contributed by atoms with E-state index in [2.05, 4.69) is 33.4 Å². The fraction of sp³-hybridized carbons (Fsp3) is 1.00. The van der Waals surface area contributed by atoms with Gasteiger partial charge in [0.1, 0.15) is 0 Å². The standard InChI is InChI=1S/C11H23N.ClH/c1-5-10(3)6-9(2)7-11(4,12)8-10;/h9H,5-8,12H2,1-4H3;1H/t9-,10-,11+;/m0./s1. The third kappa shape index (κ3) is 3.47. The van der Waals surface area contributed by atoms with Crippen LogP contribution >= 0.6 is 0 Å². The summed E-state index contributed by atoms with van der Waals surface area (Å²) in [7, 11) is 0. The van der Waals surface area contributed by atoms with Crippen molar-refractivity contribution in [2.24, 2.45) is 11.3 Å². The third-order valence-electron chi connectivity index (χ3n) is 3.39. The molecule has 0 aliphatic heterocycles. The van der Waals surface area contributed by atoms with Gasteiger partial charge in [0.15, 0.2) is 0 Å². The van der Waals surface area contributed by atoms with Crippen molar-refractivity contribution in [3.8, 4) is 0 Å². The number of hydrogen-bond acceptors (Lipinski definition) is 0. The van der Waals surface area contributed by atoms with E-state index in [9.17, 15) is 0 Å². The monoisotopic (exact) mass is 205 g/mol. The highest BCUT2D eigenvalue weighted by atomic mass is 35.5. The summed E-state index contributed by atoms with van der Waals surface area (Å²) in [5.41, 5.74) is 5.22. The van der Waals surface area contributed by atoms with Crippen LogP contribution < -0.4 is 18.1 Å². The minimum absolute atomic E-state index is 0. The number of quaternary nitrogens is 1. The predicted octanol–water partition coefficient (Wildman–Crippen LogP) is -0.773. The largest absolute Gasteiger partial charge is 1.00 e. The minimum Gasteiger partial charge on any atom is -1.00 e. The Kier molecular flexibility index (Phi) is 4.26. The molecule has 1 rings (SSSR count). The molecule has 2 heteroatoms. The number of hydrogen-bond donors (Lipinski definition) is 1. The molecule has 13 heavy (non-hydrogen) atoms. The van der Waals surface area contributed by atoms with Gasteiger partial charge in [-0.25, -0.2) is 0 Å². The second-order valence-corrected chi connectivity index (χ2v) is 5.67. The van der Waals surface area contributed by atoms with E-state index < -0.39 is 0 Å². The lowest BCUT2D eigenvalue weighted by Crippen LogP contribution is -3.00. The van der Waals surface area contributed by atoms with E-state index in [-0.39, 0.29) is 12.4 Å². The minimum atomic E-state index is 0. The first-order valence-electron chi connectivity index (χ1n) is 5.22. The fourth-order valence-corrected chi connectivity index (χ4v) is 3.20. The van der Waals surface area contributed by atoms with Gasteiger partial charge in [-0.2, -0.15) is 0 Å². The summed E-state index contributed by atoms with van der Waals surface area (Å²) in [5.74, 6) is 0.867. The lowest BCUT2D eigenvalue weighted by atomic mass is 9.63. The first kappa shape index (κ1) is 13.2. The van der Waals surface area contributed by atoms with E-state index in [1.165, 1.54) is 25.7 Å². The van der Waals surface area contributed by atoms with Gasteiger partial charge in [0, 0.05) is 12.8 Å². The maximum absolute atomic E-state index is 4.32. The van der Waals surface area contributed by atoms with Crippen molar-refractivity contribution in [2.45, 2.75) is 58.9 Å². The Balaban J connectivity index is 0.00000144. The van der Waals surface area contributed by atoms with Crippen molar-refractivity contribution in [3.63, 3.8) is 0 Å². The van der Waals surface area contributed by atoms with Crippen LogP contribution in [0.1, 0.15) is 53.4 Å². The first-order valence-corrected chi connectivity index (χ1v) is 5.22. The van der Waals surface area contributed by atoms with Gasteiger partial charge in [0.05, 0.1) is 5.54 Å². The van der Waals surface area contributed by atoms with Gasteiger partial charge in [-0.05, 0) is 24.7 Å².